The molecule has 3 aromatic rings. The van der Waals surface area contributed by atoms with Crippen molar-refractivity contribution in [3.63, 3.8) is 0 Å². The molecule has 0 atom stereocenters. The van der Waals surface area contributed by atoms with Crippen LogP contribution in [0.3, 0.4) is 0 Å². The van der Waals surface area contributed by atoms with Gasteiger partial charge < -0.3 is 4.74 Å². The zero-order valence-electron chi connectivity index (χ0n) is 13.1. The highest BCUT2D eigenvalue weighted by Gasteiger charge is 2.30. The molecule has 0 spiro atoms. The number of rotatable bonds is 3. The lowest BCUT2D eigenvalue weighted by Crippen LogP contribution is -2.28. The number of ether oxygens (including phenoxy) is 1. The van der Waals surface area contributed by atoms with E-state index >= 15 is 0 Å². The van der Waals surface area contributed by atoms with Gasteiger partial charge in [-0.05, 0) is 36.4 Å². The quantitative estimate of drug-likeness (QED) is 0.451. The lowest BCUT2D eigenvalue weighted by molar-refractivity contribution is -0.121. The number of H-pyrrole nitrogens is 1. The molecule has 0 bridgehead atoms. The van der Waals surface area contributed by atoms with E-state index in [0.29, 0.717) is 22.4 Å². The van der Waals surface area contributed by atoms with Gasteiger partial charge in [-0.25, -0.2) is 4.79 Å². The molecule has 2 heterocycles. The number of carbonyl (C=O) groups excluding carboxylic acids is 3. The second kappa shape index (κ2) is 5.86. The second-order valence-corrected chi connectivity index (χ2v) is 5.65. The van der Waals surface area contributed by atoms with Crippen molar-refractivity contribution < 1.29 is 19.1 Å². The lowest BCUT2D eigenvalue weighted by Gasteiger charge is -2.14. The number of benzene rings is 2. The van der Waals surface area contributed by atoms with Crippen LogP contribution in [0.4, 0.5) is 5.69 Å². The van der Waals surface area contributed by atoms with E-state index in [1.165, 1.54) is 12.1 Å². The molecule has 25 heavy (non-hydrogen) atoms. The molecule has 2 aromatic carbocycles. The van der Waals surface area contributed by atoms with E-state index < -0.39 is 5.97 Å². The maximum absolute atomic E-state index is 12.3. The van der Waals surface area contributed by atoms with Crippen molar-refractivity contribution in [1.29, 1.82) is 0 Å². The number of hydrogen-bond donors (Lipinski definition) is 1. The lowest BCUT2D eigenvalue weighted by atomic mass is 10.2. The Hall–Kier alpha value is -3.48. The predicted octanol–water partition coefficient (Wildman–Crippen LogP) is 2.44. The number of aromatic amines is 1. The summed E-state index contributed by atoms with van der Waals surface area (Å²) in [5.74, 6) is -0.580. The average molecular weight is 335 g/mol. The number of aromatic nitrogens is 2. The van der Waals surface area contributed by atoms with E-state index in [2.05, 4.69) is 10.2 Å². The van der Waals surface area contributed by atoms with E-state index in [1.807, 2.05) is 6.07 Å². The van der Waals surface area contributed by atoms with Gasteiger partial charge in [-0.15, -0.1) is 0 Å². The predicted molar refractivity (Wildman–Crippen MR) is 89.2 cm³/mol. The SMILES string of the molecule is O=C(Oc1cccc2[nH]ncc12)c1ccc(N2C(=O)CCC2=O)cc1. The number of nitrogens with one attached hydrogen (secondary N) is 1. The molecule has 1 aliphatic rings. The Morgan fingerprint density at radius 2 is 1.76 bits per heavy atom. The molecule has 1 aliphatic heterocycles. The molecule has 1 aromatic heterocycles. The number of amides is 2. The summed E-state index contributed by atoms with van der Waals surface area (Å²) in [6, 6.07) is 11.5. The highest BCUT2D eigenvalue weighted by molar-refractivity contribution is 6.19. The molecule has 2 amide bonds. The summed E-state index contributed by atoms with van der Waals surface area (Å²) in [7, 11) is 0. The maximum atomic E-state index is 12.3. The van der Waals surface area contributed by atoms with Gasteiger partial charge in [0.1, 0.15) is 5.75 Å². The Morgan fingerprint density at radius 3 is 2.48 bits per heavy atom. The van der Waals surface area contributed by atoms with Crippen molar-refractivity contribution in [2.45, 2.75) is 12.8 Å². The highest BCUT2D eigenvalue weighted by Crippen LogP contribution is 2.26. The fourth-order valence-electron chi connectivity index (χ4n) is 2.80. The molecular formula is C18H13N3O4. The fraction of sp³-hybridized carbons (Fsp3) is 0.111. The molecule has 0 radical (unpaired) electrons. The molecule has 7 nitrogen and oxygen atoms in total. The average Bonchev–Trinajstić information content (AvgIpc) is 3.22. The molecule has 4 rings (SSSR count). The first kappa shape index (κ1) is 15.1. The van der Waals surface area contributed by atoms with Gasteiger partial charge >= 0.3 is 5.97 Å². The molecule has 1 N–H and O–H groups in total. The molecule has 0 saturated carbocycles. The summed E-state index contributed by atoms with van der Waals surface area (Å²) in [4.78, 5) is 37.0. The van der Waals surface area contributed by atoms with Crippen molar-refractivity contribution in [2.75, 3.05) is 4.90 Å². The number of esters is 1. The normalized spacial score (nSPS) is 14.3. The van der Waals surface area contributed by atoms with Gasteiger partial charge in [0.15, 0.2) is 0 Å². The molecule has 7 heteroatoms. The Balaban J connectivity index is 1.56. The minimum Gasteiger partial charge on any atom is -0.422 e. The van der Waals surface area contributed by atoms with Gasteiger partial charge in [0, 0.05) is 12.8 Å². The van der Waals surface area contributed by atoms with Gasteiger partial charge in [-0.3, -0.25) is 19.6 Å². The van der Waals surface area contributed by atoms with Crippen LogP contribution in [0, 0.1) is 0 Å². The van der Waals surface area contributed by atoms with Gasteiger partial charge in [-0.2, -0.15) is 5.10 Å². The third kappa shape index (κ3) is 2.65. The van der Waals surface area contributed by atoms with Crippen molar-refractivity contribution in [1.82, 2.24) is 10.2 Å². The van der Waals surface area contributed by atoms with E-state index in [-0.39, 0.29) is 24.7 Å². The second-order valence-electron chi connectivity index (χ2n) is 5.65. The minimum atomic E-state index is -0.528. The Labute approximate surface area is 142 Å². The van der Waals surface area contributed by atoms with Crippen molar-refractivity contribution >= 4 is 34.4 Å². The van der Waals surface area contributed by atoms with Crippen LogP contribution in [0.5, 0.6) is 5.75 Å². The monoisotopic (exact) mass is 335 g/mol. The molecule has 0 unspecified atom stereocenters. The Bertz CT molecular complexity index is 975. The first-order chi connectivity index (χ1) is 12.1. The summed E-state index contributed by atoms with van der Waals surface area (Å²) in [6.07, 6.45) is 2.03. The summed E-state index contributed by atoms with van der Waals surface area (Å²) in [5.41, 5.74) is 1.55. The number of anilines is 1. The first-order valence-electron chi connectivity index (χ1n) is 7.73. The van der Waals surface area contributed by atoms with Crippen LogP contribution in [-0.4, -0.2) is 28.0 Å². The molecule has 0 aliphatic carbocycles. The van der Waals surface area contributed by atoms with Crippen LogP contribution < -0.4 is 9.64 Å². The zero-order chi connectivity index (χ0) is 17.4. The van der Waals surface area contributed by atoms with Gasteiger partial charge in [-0.1, -0.05) is 6.07 Å². The summed E-state index contributed by atoms with van der Waals surface area (Å²) in [5, 5.41) is 7.44. The number of fused-ring (bicyclic) bond motifs is 1. The number of nitrogens with zero attached hydrogens (tertiary/aromatic N) is 2. The van der Waals surface area contributed by atoms with Crippen molar-refractivity contribution in [3.05, 3.63) is 54.2 Å². The van der Waals surface area contributed by atoms with Crippen LogP contribution in [0.2, 0.25) is 0 Å². The number of carbonyl (C=O) groups is 3. The number of hydrogen-bond acceptors (Lipinski definition) is 5. The number of imide groups is 1. The summed E-state index contributed by atoms with van der Waals surface area (Å²) in [6.45, 7) is 0. The van der Waals surface area contributed by atoms with Crippen LogP contribution in [0.1, 0.15) is 23.2 Å². The molecule has 1 fully saturated rings. The summed E-state index contributed by atoms with van der Waals surface area (Å²) >= 11 is 0. The van der Waals surface area contributed by atoms with Crippen LogP contribution in [-0.2, 0) is 9.59 Å². The van der Waals surface area contributed by atoms with E-state index in [4.69, 9.17) is 4.74 Å². The smallest absolute Gasteiger partial charge is 0.343 e. The van der Waals surface area contributed by atoms with Gasteiger partial charge in [0.05, 0.1) is 28.4 Å². The molecular weight excluding hydrogens is 322 g/mol. The third-order valence-corrected chi connectivity index (χ3v) is 4.06. The highest BCUT2D eigenvalue weighted by atomic mass is 16.5. The third-order valence-electron chi connectivity index (χ3n) is 4.06. The molecule has 124 valence electrons. The fourth-order valence-corrected chi connectivity index (χ4v) is 2.80. The maximum Gasteiger partial charge on any atom is 0.343 e. The van der Waals surface area contributed by atoms with Gasteiger partial charge in [0.2, 0.25) is 11.8 Å². The van der Waals surface area contributed by atoms with E-state index in [9.17, 15) is 14.4 Å². The Kier molecular flexibility index (Phi) is 3.53. The topological polar surface area (TPSA) is 92.4 Å². The van der Waals surface area contributed by atoms with Gasteiger partial charge in [0.25, 0.3) is 0 Å². The minimum absolute atomic E-state index is 0.220. The standard InChI is InChI=1S/C18H13N3O4/c22-16-8-9-17(23)21(16)12-6-4-11(5-7-12)18(24)25-15-3-1-2-14-13(15)10-19-20-14/h1-7,10H,8-9H2,(H,19,20). The van der Waals surface area contributed by atoms with Crippen molar-refractivity contribution in [2.24, 2.45) is 0 Å². The van der Waals surface area contributed by atoms with Crippen LogP contribution >= 0.6 is 0 Å². The van der Waals surface area contributed by atoms with E-state index in [0.717, 1.165) is 10.4 Å². The van der Waals surface area contributed by atoms with Crippen LogP contribution in [0.15, 0.2) is 48.7 Å². The van der Waals surface area contributed by atoms with Crippen molar-refractivity contribution in [3.8, 4) is 5.75 Å². The largest absolute Gasteiger partial charge is 0.422 e. The Morgan fingerprint density at radius 1 is 1.04 bits per heavy atom. The van der Waals surface area contributed by atoms with E-state index in [1.54, 1.807) is 30.5 Å². The zero-order valence-corrected chi connectivity index (χ0v) is 13.1. The van der Waals surface area contributed by atoms with Crippen LogP contribution in [0.25, 0.3) is 10.9 Å². The summed E-state index contributed by atoms with van der Waals surface area (Å²) < 4.78 is 5.43. The first-order valence-corrected chi connectivity index (χ1v) is 7.73. The molecule has 1 saturated heterocycles.